The fraction of sp³-hybridized carbons (Fsp3) is 0.750. The molecule has 1 N–H and O–H groups in total. The lowest BCUT2D eigenvalue weighted by Crippen LogP contribution is -2.77. The van der Waals surface area contributed by atoms with Crippen molar-refractivity contribution in [1.82, 2.24) is 0 Å². The van der Waals surface area contributed by atoms with Gasteiger partial charge >= 0.3 is 53.7 Å². The third-order valence-electron chi connectivity index (χ3n) is 3.37. The van der Waals surface area contributed by atoms with Gasteiger partial charge in [0.25, 0.3) is 0 Å². The average molecular weight is 502 g/mol. The summed E-state index contributed by atoms with van der Waals surface area (Å²) >= 11 is 0. The van der Waals surface area contributed by atoms with Gasteiger partial charge in [0.1, 0.15) is 0 Å². The van der Waals surface area contributed by atoms with E-state index in [0.29, 0.717) is 6.92 Å². The molecule has 0 aliphatic carbocycles. The van der Waals surface area contributed by atoms with E-state index in [1.807, 2.05) is 0 Å². The summed E-state index contributed by atoms with van der Waals surface area (Å²) in [6.45, 7) is 2.91. The third-order valence-corrected chi connectivity index (χ3v) is 3.37. The van der Waals surface area contributed by atoms with Gasteiger partial charge in [-0.05, 0) is 6.92 Å². The Kier molecular flexibility index (Phi) is 6.83. The monoisotopic (exact) mass is 502 g/mol. The zero-order chi connectivity index (χ0) is 25.9. The van der Waals surface area contributed by atoms with Crippen molar-refractivity contribution in [2.24, 2.45) is 0 Å². The Morgan fingerprint density at radius 2 is 1.00 bits per heavy atom. The second-order valence-corrected chi connectivity index (χ2v) is 5.69. The lowest BCUT2D eigenvalue weighted by molar-refractivity contribution is -0.487. The molecule has 0 rings (SSSR count). The number of hydrogen-bond acceptors (Lipinski definition) is 3. The first kappa shape index (κ1) is 29.0. The number of rotatable bonds is 7. The maximum absolute atomic E-state index is 13.5. The number of alkyl halides is 16. The molecule has 184 valence electrons. The molecule has 0 saturated heterocycles. The summed E-state index contributed by atoms with van der Waals surface area (Å²) in [5.41, 5.74) is -9.83. The molecular formula is C12H6F16O3. The molecular weight excluding hydrogens is 496 g/mol. The van der Waals surface area contributed by atoms with Crippen LogP contribution in [0.2, 0.25) is 0 Å². The molecule has 0 saturated carbocycles. The summed E-state index contributed by atoms with van der Waals surface area (Å²) in [5, 5.41) is 8.40. The van der Waals surface area contributed by atoms with Gasteiger partial charge in [-0.25, -0.2) is 9.18 Å². The molecule has 0 aromatic carbocycles. The molecule has 0 aliphatic heterocycles. The van der Waals surface area contributed by atoms with Gasteiger partial charge in [0, 0.05) is 5.57 Å². The minimum absolute atomic E-state index is 0.417. The molecule has 1 unspecified atom stereocenters. The zero-order valence-electron chi connectivity index (χ0n) is 14.0. The van der Waals surface area contributed by atoms with Crippen LogP contribution in [0.15, 0.2) is 12.2 Å². The van der Waals surface area contributed by atoms with E-state index in [4.69, 9.17) is 5.11 Å². The number of aliphatic hydroxyl groups is 1. The number of carbonyl (C=O) groups excluding carboxylic acids is 1. The van der Waals surface area contributed by atoms with Crippen LogP contribution in [0.3, 0.4) is 0 Å². The highest BCUT2D eigenvalue weighted by atomic mass is 19.4. The number of hydrogen-bond donors (Lipinski definition) is 1. The van der Waals surface area contributed by atoms with Gasteiger partial charge in [-0.2, -0.15) is 65.9 Å². The second kappa shape index (κ2) is 7.29. The van der Waals surface area contributed by atoms with E-state index in [2.05, 4.69) is 11.3 Å². The molecule has 0 radical (unpaired) electrons. The van der Waals surface area contributed by atoms with E-state index in [1.165, 1.54) is 0 Å². The van der Waals surface area contributed by atoms with Crippen molar-refractivity contribution < 1.29 is 84.9 Å². The fourth-order valence-corrected chi connectivity index (χ4v) is 1.59. The molecule has 0 spiro atoms. The molecule has 3 nitrogen and oxygen atoms in total. The molecule has 0 heterocycles. The molecule has 1 atom stereocenters. The summed E-state index contributed by atoms with van der Waals surface area (Å²) in [4.78, 5) is 10.8. The van der Waals surface area contributed by atoms with E-state index in [9.17, 15) is 75.0 Å². The number of ether oxygens (including phenoxy) is 1. The highest BCUT2D eigenvalue weighted by Crippen LogP contribution is 2.64. The van der Waals surface area contributed by atoms with Gasteiger partial charge in [-0.15, -0.1) is 0 Å². The Hall–Kier alpha value is -1.95. The molecule has 0 amide bonds. The first-order valence-electron chi connectivity index (χ1n) is 6.71. The first-order chi connectivity index (χ1) is 13.1. The van der Waals surface area contributed by atoms with E-state index >= 15 is 0 Å². The second-order valence-electron chi connectivity index (χ2n) is 5.69. The van der Waals surface area contributed by atoms with Gasteiger partial charge in [-0.1, -0.05) is 6.58 Å². The summed E-state index contributed by atoms with van der Waals surface area (Å²) in [5.74, 6) is -36.1. The summed E-state index contributed by atoms with van der Waals surface area (Å²) in [6.07, 6.45) is -23.3. The largest absolute Gasteiger partial charge is 0.468 e. The average Bonchev–Trinajstić information content (AvgIpc) is 2.50. The molecule has 0 aromatic heterocycles. The van der Waals surface area contributed by atoms with E-state index in [1.54, 1.807) is 0 Å². The minimum atomic E-state index is -8.78. The van der Waals surface area contributed by atoms with Gasteiger partial charge in [0.15, 0.2) is 0 Å². The van der Waals surface area contributed by atoms with Crippen molar-refractivity contribution in [3.8, 4) is 0 Å². The Bertz CT molecular complexity index is 702. The number of carbonyl (C=O) groups is 1. The number of esters is 1. The van der Waals surface area contributed by atoms with Gasteiger partial charge in [0.2, 0.25) is 0 Å². The van der Waals surface area contributed by atoms with Crippen molar-refractivity contribution in [1.29, 1.82) is 0 Å². The Labute approximate surface area is 159 Å². The van der Waals surface area contributed by atoms with Crippen LogP contribution in [0.1, 0.15) is 6.92 Å². The standard InChI is InChI=1S/C12H6F16O3/c1-3(2)4(29)31-12(27,28)9(20,30)8(18,19)7(16,17)6(14,15)5(13,10(21,22)23)11(24,25)26/h30H,1H2,2H3. The smallest absolute Gasteiger partial charge is 0.393 e. The third kappa shape index (κ3) is 3.88. The molecule has 0 aliphatic rings. The van der Waals surface area contributed by atoms with Crippen LogP contribution in [0, 0.1) is 0 Å². The van der Waals surface area contributed by atoms with Gasteiger partial charge in [-0.3, -0.25) is 0 Å². The van der Waals surface area contributed by atoms with Crippen LogP contribution in [0.25, 0.3) is 0 Å². The van der Waals surface area contributed by atoms with E-state index in [-0.39, 0.29) is 0 Å². The first-order valence-corrected chi connectivity index (χ1v) is 6.71. The zero-order valence-corrected chi connectivity index (χ0v) is 14.0. The lowest BCUT2D eigenvalue weighted by atomic mass is 9.85. The topological polar surface area (TPSA) is 46.5 Å². The van der Waals surface area contributed by atoms with E-state index in [0.717, 1.165) is 0 Å². The van der Waals surface area contributed by atoms with Crippen LogP contribution in [-0.2, 0) is 9.53 Å². The van der Waals surface area contributed by atoms with Crippen LogP contribution in [0.4, 0.5) is 70.2 Å². The predicted octanol–water partition coefficient (Wildman–Crippen LogP) is 5.10. The summed E-state index contributed by atoms with van der Waals surface area (Å²) < 4.78 is 210. The Morgan fingerprint density at radius 1 is 0.677 bits per heavy atom. The molecule has 19 heteroatoms. The van der Waals surface area contributed by atoms with Crippen molar-refractivity contribution in [2.45, 2.75) is 54.7 Å². The minimum Gasteiger partial charge on any atom is -0.393 e. The molecule has 31 heavy (non-hydrogen) atoms. The maximum atomic E-state index is 13.5. The van der Waals surface area contributed by atoms with Crippen molar-refractivity contribution in [2.75, 3.05) is 0 Å². The Balaban J connectivity index is 6.88. The molecule has 0 aromatic rings. The maximum Gasteiger partial charge on any atom is 0.468 e. The van der Waals surface area contributed by atoms with Crippen molar-refractivity contribution >= 4 is 5.97 Å². The van der Waals surface area contributed by atoms with Crippen LogP contribution < -0.4 is 0 Å². The molecule has 0 fully saturated rings. The quantitative estimate of drug-likeness (QED) is 0.300. The fourth-order valence-electron chi connectivity index (χ4n) is 1.59. The van der Waals surface area contributed by atoms with Gasteiger partial charge in [0.05, 0.1) is 0 Å². The SMILES string of the molecule is C=C(C)C(=O)OC(F)(F)C(O)(F)C(F)(F)C(F)(F)C(F)(F)C(F)(C(F)(F)F)C(F)(F)F. The number of halogens is 16. The normalized spacial score (nSPS) is 17.2. The van der Waals surface area contributed by atoms with E-state index < -0.39 is 59.3 Å². The van der Waals surface area contributed by atoms with Crippen LogP contribution in [-0.4, -0.2) is 58.8 Å². The highest BCUT2D eigenvalue weighted by Gasteiger charge is 2.97. The Morgan fingerprint density at radius 3 is 1.26 bits per heavy atom. The van der Waals surface area contributed by atoms with Crippen LogP contribution >= 0.6 is 0 Å². The van der Waals surface area contributed by atoms with Gasteiger partial charge < -0.3 is 9.84 Å². The van der Waals surface area contributed by atoms with Crippen molar-refractivity contribution in [3.63, 3.8) is 0 Å². The summed E-state index contributed by atoms with van der Waals surface area (Å²) in [6, 6.07) is 0. The highest BCUT2D eigenvalue weighted by molar-refractivity contribution is 5.87. The van der Waals surface area contributed by atoms with Crippen molar-refractivity contribution in [3.05, 3.63) is 12.2 Å². The molecule has 0 bridgehead atoms. The summed E-state index contributed by atoms with van der Waals surface area (Å²) in [7, 11) is 0. The predicted molar refractivity (Wildman–Crippen MR) is 62.7 cm³/mol. The lowest BCUT2D eigenvalue weighted by Gasteiger charge is -2.44. The van der Waals surface area contributed by atoms with Crippen LogP contribution in [0.5, 0.6) is 0 Å².